The van der Waals surface area contributed by atoms with Crippen molar-refractivity contribution >= 4 is 16.7 Å². The Morgan fingerprint density at radius 2 is 2.00 bits per heavy atom. The largest absolute Gasteiger partial charge is 0.300 e. The summed E-state index contributed by atoms with van der Waals surface area (Å²) in [6, 6.07) is 6.65. The molecule has 0 atom stereocenters. The van der Waals surface area contributed by atoms with Crippen LogP contribution in [0.25, 0.3) is 10.9 Å². The van der Waals surface area contributed by atoms with E-state index in [1.165, 1.54) is 16.5 Å². The molecule has 0 N–H and O–H groups in total. The van der Waals surface area contributed by atoms with Gasteiger partial charge in [-0.1, -0.05) is 6.07 Å². The van der Waals surface area contributed by atoms with Crippen LogP contribution in [0.15, 0.2) is 24.4 Å². The van der Waals surface area contributed by atoms with Crippen molar-refractivity contribution in [1.82, 2.24) is 9.78 Å². The van der Waals surface area contributed by atoms with Crippen molar-refractivity contribution in [1.29, 1.82) is 0 Å². The minimum absolute atomic E-state index is 0.304. The van der Waals surface area contributed by atoms with Gasteiger partial charge in [0.1, 0.15) is 5.78 Å². The summed E-state index contributed by atoms with van der Waals surface area (Å²) in [4.78, 5) is 11.4. The molecule has 1 aromatic carbocycles. The molecule has 1 saturated carbocycles. The van der Waals surface area contributed by atoms with Crippen molar-refractivity contribution in [3.05, 3.63) is 30.0 Å². The number of fused-ring (bicyclic) bond motifs is 1. The van der Waals surface area contributed by atoms with Crippen molar-refractivity contribution in [2.75, 3.05) is 0 Å². The third-order valence-corrected chi connectivity index (χ3v) is 4.54. The molecule has 1 aliphatic carbocycles. The number of rotatable bonds is 2. The minimum Gasteiger partial charge on any atom is -0.300 e. The van der Waals surface area contributed by atoms with Gasteiger partial charge in [-0.15, -0.1) is 0 Å². The Kier molecular flexibility index (Phi) is 3.13. The molecule has 1 heterocycles. The first-order valence-corrected chi connectivity index (χ1v) is 7.07. The maximum atomic E-state index is 11.4. The summed E-state index contributed by atoms with van der Waals surface area (Å²) < 4.78 is 1.91. The molecule has 3 heteroatoms. The Morgan fingerprint density at radius 3 is 2.68 bits per heavy atom. The molecule has 0 bridgehead atoms. The summed E-state index contributed by atoms with van der Waals surface area (Å²) in [5, 5.41) is 5.51. The fourth-order valence-electron chi connectivity index (χ4n) is 3.27. The molecule has 0 saturated heterocycles. The zero-order chi connectivity index (χ0) is 13.4. The van der Waals surface area contributed by atoms with Gasteiger partial charge in [0.2, 0.25) is 0 Å². The summed E-state index contributed by atoms with van der Waals surface area (Å²) in [5.74, 6) is 1.28. The van der Waals surface area contributed by atoms with Crippen LogP contribution >= 0.6 is 0 Å². The Morgan fingerprint density at radius 1 is 1.26 bits per heavy atom. The molecule has 0 unspecified atom stereocenters. The Bertz CT molecular complexity index is 606. The lowest BCUT2D eigenvalue weighted by molar-refractivity contribution is -0.121. The summed E-state index contributed by atoms with van der Waals surface area (Å²) in [6.07, 6.45) is 6.29. The summed E-state index contributed by atoms with van der Waals surface area (Å²) in [7, 11) is 1.97. The minimum atomic E-state index is 0.304. The highest BCUT2D eigenvalue weighted by molar-refractivity contribution is 5.79. The van der Waals surface area contributed by atoms with Crippen molar-refractivity contribution in [3.63, 3.8) is 0 Å². The molecule has 3 nitrogen and oxygen atoms in total. The molecular formula is C16H20N2O. The van der Waals surface area contributed by atoms with E-state index in [2.05, 4.69) is 23.3 Å². The molecule has 1 aromatic heterocycles. The van der Waals surface area contributed by atoms with E-state index in [1.54, 1.807) is 6.92 Å². The van der Waals surface area contributed by atoms with Crippen LogP contribution < -0.4 is 0 Å². The topological polar surface area (TPSA) is 34.9 Å². The van der Waals surface area contributed by atoms with Crippen molar-refractivity contribution in [3.8, 4) is 0 Å². The number of carbonyl (C=O) groups excluding carboxylic acids is 1. The van der Waals surface area contributed by atoms with E-state index in [-0.39, 0.29) is 0 Å². The molecule has 0 radical (unpaired) electrons. The highest BCUT2D eigenvalue weighted by Gasteiger charge is 2.25. The van der Waals surface area contributed by atoms with Gasteiger partial charge in [-0.2, -0.15) is 5.10 Å². The number of aryl methyl sites for hydroxylation is 1. The number of Topliss-reactive ketones (excluding diaryl/α,β-unsaturated/α-hetero) is 1. The summed E-state index contributed by atoms with van der Waals surface area (Å²) in [6.45, 7) is 1.73. The molecule has 19 heavy (non-hydrogen) atoms. The Balaban J connectivity index is 1.80. The third-order valence-electron chi connectivity index (χ3n) is 4.54. The first-order valence-electron chi connectivity index (χ1n) is 7.07. The van der Waals surface area contributed by atoms with Gasteiger partial charge in [0.05, 0.1) is 11.7 Å². The monoisotopic (exact) mass is 256 g/mol. The van der Waals surface area contributed by atoms with Gasteiger partial charge in [0.25, 0.3) is 0 Å². The number of aromatic nitrogens is 2. The molecule has 2 aromatic rings. The van der Waals surface area contributed by atoms with Crippen molar-refractivity contribution in [2.24, 2.45) is 13.0 Å². The average Bonchev–Trinajstić information content (AvgIpc) is 2.80. The van der Waals surface area contributed by atoms with Gasteiger partial charge < -0.3 is 0 Å². The maximum absolute atomic E-state index is 11.4. The highest BCUT2D eigenvalue weighted by Crippen LogP contribution is 2.36. The van der Waals surface area contributed by atoms with Gasteiger partial charge in [0.15, 0.2) is 0 Å². The van der Waals surface area contributed by atoms with Crippen LogP contribution in [0.2, 0.25) is 0 Å². The number of benzene rings is 1. The van der Waals surface area contributed by atoms with Gasteiger partial charge in [-0.25, -0.2) is 0 Å². The molecule has 1 fully saturated rings. The molecular weight excluding hydrogens is 236 g/mol. The second-order valence-corrected chi connectivity index (χ2v) is 5.75. The van der Waals surface area contributed by atoms with E-state index >= 15 is 0 Å². The summed E-state index contributed by atoms with van der Waals surface area (Å²) in [5.41, 5.74) is 2.59. The van der Waals surface area contributed by atoms with E-state index in [0.29, 0.717) is 17.6 Å². The molecule has 0 amide bonds. The highest BCUT2D eigenvalue weighted by atomic mass is 16.1. The van der Waals surface area contributed by atoms with Crippen LogP contribution in [-0.4, -0.2) is 15.6 Å². The quantitative estimate of drug-likeness (QED) is 0.825. The standard InChI is InChI=1S/C16H20N2O/c1-11(19)12-3-5-13(6-4-12)14-7-8-16-15(9-14)10-17-18(16)2/h7-10,12-13H,3-6H2,1-2H3. The lowest BCUT2D eigenvalue weighted by atomic mass is 9.77. The Hall–Kier alpha value is -1.64. The predicted molar refractivity (Wildman–Crippen MR) is 76.1 cm³/mol. The second-order valence-electron chi connectivity index (χ2n) is 5.75. The second kappa shape index (κ2) is 4.80. The zero-order valence-corrected chi connectivity index (χ0v) is 11.6. The first kappa shape index (κ1) is 12.4. The van der Waals surface area contributed by atoms with Crippen molar-refractivity contribution in [2.45, 2.75) is 38.5 Å². The molecule has 1 aliphatic rings. The van der Waals surface area contributed by atoms with Crippen LogP contribution in [0.3, 0.4) is 0 Å². The van der Waals surface area contributed by atoms with E-state index in [9.17, 15) is 4.79 Å². The molecule has 100 valence electrons. The molecule has 3 rings (SSSR count). The number of ketones is 1. The lowest BCUT2D eigenvalue weighted by Gasteiger charge is -2.27. The van der Waals surface area contributed by atoms with E-state index in [0.717, 1.165) is 25.7 Å². The zero-order valence-electron chi connectivity index (χ0n) is 11.6. The third kappa shape index (κ3) is 2.29. The van der Waals surface area contributed by atoms with E-state index in [1.807, 2.05) is 17.9 Å². The fourth-order valence-corrected chi connectivity index (χ4v) is 3.27. The van der Waals surface area contributed by atoms with Crippen LogP contribution in [0, 0.1) is 5.92 Å². The molecule has 0 spiro atoms. The van der Waals surface area contributed by atoms with E-state index < -0.39 is 0 Å². The van der Waals surface area contributed by atoms with Gasteiger partial charge in [-0.3, -0.25) is 9.48 Å². The SMILES string of the molecule is CC(=O)C1CCC(c2ccc3c(cnn3C)c2)CC1. The number of hydrogen-bond donors (Lipinski definition) is 0. The smallest absolute Gasteiger partial charge is 0.132 e. The van der Waals surface area contributed by atoms with Gasteiger partial charge in [-0.05, 0) is 56.2 Å². The Labute approximate surface area is 113 Å². The number of carbonyl (C=O) groups is 1. The van der Waals surface area contributed by atoms with Crippen molar-refractivity contribution < 1.29 is 4.79 Å². The average molecular weight is 256 g/mol. The van der Waals surface area contributed by atoms with E-state index in [4.69, 9.17) is 0 Å². The predicted octanol–water partition coefficient (Wildman–Crippen LogP) is 3.44. The first-order chi connectivity index (χ1) is 9.15. The normalized spacial score (nSPS) is 23.7. The lowest BCUT2D eigenvalue weighted by Crippen LogP contribution is -2.18. The fraction of sp³-hybridized carbons (Fsp3) is 0.500. The molecule has 0 aliphatic heterocycles. The van der Waals surface area contributed by atoms with Crippen LogP contribution in [0.1, 0.15) is 44.1 Å². The van der Waals surface area contributed by atoms with Crippen LogP contribution in [0.4, 0.5) is 0 Å². The van der Waals surface area contributed by atoms with Crippen LogP contribution in [-0.2, 0) is 11.8 Å². The number of nitrogens with zero attached hydrogens (tertiary/aromatic N) is 2. The van der Waals surface area contributed by atoms with Gasteiger partial charge in [0, 0.05) is 18.4 Å². The van der Waals surface area contributed by atoms with Gasteiger partial charge >= 0.3 is 0 Å². The summed E-state index contributed by atoms with van der Waals surface area (Å²) >= 11 is 0. The maximum Gasteiger partial charge on any atom is 0.132 e. The van der Waals surface area contributed by atoms with Crippen LogP contribution in [0.5, 0.6) is 0 Å². The number of hydrogen-bond acceptors (Lipinski definition) is 2.